The van der Waals surface area contributed by atoms with E-state index < -0.39 is 0 Å². The molecule has 0 spiro atoms. The third-order valence-electron chi connectivity index (χ3n) is 4.38. The van der Waals surface area contributed by atoms with Gasteiger partial charge in [0.2, 0.25) is 5.91 Å². The van der Waals surface area contributed by atoms with Crippen LogP contribution in [0.15, 0.2) is 59.5 Å². The predicted molar refractivity (Wildman–Crippen MR) is 102 cm³/mol. The number of amides is 1. The summed E-state index contributed by atoms with van der Waals surface area (Å²) < 4.78 is 0. The molecule has 1 amide bonds. The van der Waals surface area contributed by atoms with E-state index in [0.29, 0.717) is 5.75 Å². The van der Waals surface area contributed by atoms with Gasteiger partial charge < -0.3 is 4.90 Å². The first-order valence-electron chi connectivity index (χ1n) is 8.53. The fraction of sp³-hybridized carbons (Fsp3) is 0.316. The van der Waals surface area contributed by atoms with E-state index >= 15 is 0 Å². The van der Waals surface area contributed by atoms with Gasteiger partial charge in [-0.1, -0.05) is 30.3 Å². The fourth-order valence-electron chi connectivity index (χ4n) is 2.89. The molecule has 3 rings (SSSR count). The topological polar surface area (TPSA) is 66.7 Å². The Hall–Kier alpha value is -2.38. The van der Waals surface area contributed by atoms with Gasteiger partial charge in [0.1, 0.15) is 0 Å². The van der Waals surface area contributed by atoms with Crippen molar-refractivity contribution in [2.75, 3.05) is 31.9 Å². The number of non-ortho nitro benzene ring substituents is 1. The second-order valence-electron chi connectivity index (χ2n) is 6.18. The lowest BCUT2D eigenvalue weighted by Crippen LogP contribution is -2.48. The van der Waals surface area contributed by atoms with Crippen LogP contribution in [0.25, 0.3) is 0 Å². The van der Waals surface area contributed by atoms with E-state index in [0.717, 1.165) is 43.2 Å². The first-order chi connectivity index (χ1) is 12.6. The molecule has 2 aromatic carbocycles. The zero-order valence-electron chi connectivity index (χ0n) is 14.4. The summed E-state index contributed by atoms with van der Waals surface area (Å²) in [6, 6.07) is 16.6. The number of thioether (sulfide) groups is 1. The summed E-state index contributed by atoms with van der Waals surface area (Å²) in [6.07, 6.45) is 0. The maximum Gasteiger partial charge on any atom is 0.269 e. The summed E-state index contributed by atoms with van der Waals surface area (Å²) in [5.74, 6) is 0.639. The number of nitro groups is 1. The summed E-state index contributed by atoms with van der Waals surface area (Å²) in [6.45, 7) is 3.83. The van der Waals surface area contributed by atoms with Gasteiger partial charge >= 0.3 is 0 Å². The van der Waals surface area contributed by atoms with E-state index in [-0.39, 0.29) is 16.5 Å². The third-order valence-corrected chi connectivity index (χ3v) is 5.38. The lowest BCUT2D eigenvalue weighted by Gasteiger charge is -2.34. The molecule has 2 aromatic rings. The van der Waals surface area contributed by atoms with E-state index in [1.807, 2.05) is 35.2 Å². The molecule has 0 saturated carbocycles. The first kappa shape index (κ1) is 18.4. The van der Waals surface area contributed by atoms with Crippen LogP contribution in [0.4, 0.5) is 5.69 Å². The van der Waals surface area contributed by atoms with E-state index in [1.165, 1.54) is 12.1 Å². The Morgan fingerprint density at radius 3 is 2.27 bits per heavy atom. The molecular formula is C19H21N3O3S. The van der Waals surface area contributed by atoms with Crippen LogP contribution in [0.2, 0.25) is 0 Å². The molecule has 26 heavy (non-hydrogen) atoms. The quantitative estimate of drug-likeness (QED) is 0.444. The highest BCUT2D eigenvalue weighted by molar-refractivity contribution is 8.00. The Labute approximate surface area is 156 Å². The summed E-state index contributed by atoms with van der Waals surface area (Å²) in [7, 11) is 0. The Morgan fingerprint density at radius 1 is 1.00 bits per heavy atom. The van der Waals surface area contributed by atoms with Crippen LogP contribution < -0.4 is 0 Å². The highest BCUT2D eigenvalue weighted by Crippen LogP contribution is 2.18. The maximum atomic E-state index is 12.4. The molecule has 0 aromatic heterocycles. The Kier molecular flexibility index (Phi) is 6.25. The smallest absolute Gasteiger partial charge is 0.269 e. The first-order valence-corrected chi connectivity index (χ1v) is 9.52. The lowest BCUT2D eigenvalue weighted by atomic mass is 10.2. The minimum absolute atomic E-state index is 0.111. The van der Waals surface area contributed by atoms with Crippen molar-refractivity contribution in [2.24, 2.45) is 0 Å². The summed E-state index contributed by atoms with van der Waals surface area (Å²) in [5.41, 5.74) is 1.16. The van der Waals surface area contributed by atoms with Crippen molar-refractivity contribution in [1.82, 2.24) is 9.80 Å². The molecule has 0 N–H and O–H groups in total. The number of piperazine rings is 1. The molecule has 1 heterocycles. The highest BCUT2D eigenvalue weighted by Gasteiger charge is 2.21. The van der Waals surface area contributed by atoms with Crippen molar-refractivity contribution in [1.29, 1.82) is 0 Å². The predicted octanol–water partition coefficient (Wildman–Crippen LogP) is 3.03. The number of rotatable bonds is 6. The molecule has 1 aliphatic heterocycles. The molecule has 1 saturated heterocycles. The average molecular weight is 371 g/mol. The standard InChI is InChI=1S/C19H21N3O3S/c23-19(15-26-18-4-2-1-3-5-18)21-12-10-20(11-13-21)14-16-6-8-17(9-7-16)22(24)25/h1-9H,10-15H2. The van der Waals surface area contributed by atoms with Crippen LogP contribution in [0.5, 0.6) is 0 Å². The molecule has 7 heteroatoms. The molecular weight excluding hydrogens is 350 g/mol. The van der Waals surface area contributed by atoms with Crippen molar-refractivity contribution in [2.45, 2.75) is 11.4 Å². The average Bonchev–Trinajstić information content (AvgIpc) is 2.68. The largest absolute Gasteiger partial charge is 0.339 e. The van der Waals surface area contributed by atoms with Gasteiger partial charge in [-0.25, -0.2) is 0 Å². The van der Waals surface area contributed by atoms with Crippen molar-refractivity contribution < 1.29 is 9.72 Å². The van der Waals surface area contributed by atoms with Crippen LogP contribution in [-0.2, 0) is 11.3 Å². The van der Waals surface area contributed by atoms with Gasteiger partial charge in [0.25, 0.3) is 5.69 Å². The second-order valence-corrected chi connectivity index (χ2v) is 7.23. The van der Waals surface area contributed by atoms with Gasteiger partial charge in [0, 0.05) is 49.8 Å². The number of nitro benzene ring substituents is 1. The Balaban J connectivity index is 1.43. The summed E-state index contributed by atoms with van der Waals surface area (Å²) in [5, 5.41) is 10.7. The summed E-state index contributed by atoms with van der Waals surface area (Å²) in [4.78, 5) is 28.0. The molecule has 0 atom stereocenters. The van der Waals surface area contributed by atoms with E-state index in [1.54, 1.807) is 23.9 Å². The van der Waals surface area contributed by atoms with Gasteiger partial charge in [0.05, 0.1) is 10.7 Å². The number of carbonyl (C=O) groups is 1. The Morgan fingerprint density at radius 2 is 1.65 bits per heavy atom. The molecule has 0 unspecified atom stereocenters. The van der Waals surface area contributed by atoms with E-state index in [9.17, 15) is 14.9 Å². The third kappa shape index (κ3) is 5.06. The van der Waals surface area contributed by atoms with Gasteiger partial charge in [-0.05, 0) is 17.7 Å². The minimum Gasteiger partial charge on any atom is -0.339 e. The molecule has 0 radical (unpaired) electrons. The Bertz CT molecular complexity index is 744. The SMILES string of the molecule is O=C(CSc1ccccc1)N1CCN(Cc2ccc([N+](=O)[O-])cc2)CC1. The van der Waals surface area contributed by atoms with Crippen LogP contribution in [0, 0.1) is 10.1 Å². The van der Waals surface area contributed by atoms with Gasteiger partial charge in [-0.2, -0.15) is 0 Å². The molecule has 6 nitrogen and oxygen atoms in total. The molecule has 0 bridgehead atoms. The van der Waals surface area contributed by atoms with Gasteiger partial charge in [-0.15, -0.1) is 11.8 Å². The highest BCUT2D eigenvalue weighted by atomic mass is 32.2. The zero-order chi connectivity index (χ0) is 18.4. The fourth-order valence-corrected chi connectivity index (χ4v) is 3.71. The normalized spacial score (nSPS) is 15.0. The minimum atomic E-state index is -0.387. The lowest BCUT2D eigenvalue weighted by molar-refractivity contribution is -0.384. The van der Waals surface area contributed by atoms with Crippen molar-refractivity contribution >= 4 is 23.4 Å². The van der Waals surface area contributed by atoms with E-state index in [2.05, 4.69) is 4.90 Å². The van der Waals surface area contributed by atoms with Crippen molar-refractivity contribution in [3.63, 3.8) is 0 Å². The molecule has 1 aliphatic rings. The van der Waals surface area contributed by atoms with Crippen LogP contribution in [0.3, 0.4) is 0 Å². The molecule has 1 fully saturated rings. The summed E-state index contributed by atoms with van der Waals surface area (Å²) >= 11 is 1.57. The van der Waals surface area contributed by atoms with E-state index in [4.69, 9.17) is 0 Å². The van der Waals surface area contributed by atoms with Crippen LogP contribution >= 0.6 is 11.8 Å². The number of hydrogen-bond acceptors (Lipinski definition) is 5. The van der Waals surface area contributed by atoms with Crippen molar-refractivity contribution in [3.05, 3.63) is 70.3 Å². The molecule has 136 valence electrons. The monoisotopic (exact) mass is 371 g/mol. The zero-order valence-corrected chi connectivity index (χ0v) is 15.2. The molecule has 0 aliphatic carbocycles. The number of nitrogens with zero attached hydrogens (tertiary/aromatic N) is 3. The number of carbonyl (C=O) groups excluding carboxylic acids is 1. The van der Waals surface area contributed by atoms with Crippen LogP contribution in [0.1, 0.15) is 5.56 Å². The number of hydrogen-bond donors (Lipinski definition) is 0. The maximum absolute atomic E-state index is 12.4. The van der Waals surface area contributed by atoms with Gasteiger partial charge in [-0.3, -0.25) is 19.8 Å². The number of benzene rings is 2. The van der Waals surface area contributed by atoms with Crippen LogP contribution in [-0.4, -0.2) is 52.6 Å². The van der Waals surface area contributed by atoms with Crippen molar-refractivity contribution in [3.8, 4) is 0 Å². The second kappa shape index (κ2) is 8.82. The van der Waals surface area contributed by atoms with Gasteiger partial charge in [0.15, 0.2) is 0 Å².